The van der Waals surface area contributed by atoms with Gasteiger partial charge in [0, 0.05) is 12.2 Å². The molecule has 3 rings (SSSR count). The SMILES string of the molecule is N#Cc1ccc(NC(=O)CN2C(=O)[C@@H]3CCCN3C2=O)cc1. The summed E-state index contributed by atoms with van der Waals surface area (Å²) in [4.78, 5) is 38.7. The Morgan fingerprint density at radius 3 is 2.68 bits per heavy atom. The van der Waals surface area contributed by atoms with Crippen molar-refractivity contribution < 1.29 is 14.4 Å². The summed E-state index contributed by atoms with van der Waals surface area (Å²) in [6.45, 7) is 0.285. The van der Waals surface area contributed by atoms with Gasteiger partial charge in [0.25, 0.3) is 5.91 Å². The number of amides is 4. The second kappa shape index (κ2) is 5.48. The number of rotatable bonds is 3. The Morgan fingerprint density at radius 2 is 2.05 bits per heavy atom. The number of hydrogen-bond donors (Lipinski definition) is 1. The lowest BCUT2D eigenvalue weighted by atomic mass is 10.2. The molecule has 7 nitrogen and oxygen atoms in total. The van der Waals surface area contributed by atoms with Gasteiger partial charge in [-0.15, -0.1) is 0 Å². The van der Waals surface area contributed by atoms with Crippen LogP contribution in [0.3, 0.4) is 0 Å². The Hall–Kier alpha value is -2.88. The van der Waals surface area contributed by atoms with Crippen molar-refractivity contribution in [1.82, 2.24) is 9.80 Å². The van der Waals surface area contributed by atoms with Crippen LogP contribution < -0.4 is 5.32 Å². The molecule has 0 radical (unpaired) electrons. The minimum atomic E-state index is -0.437. The topological polar surface area (TPSA) is 93.5 Å². The molecular weight excluding hydrogens is 284 g/mol. The van der Waals surface area contributed by atoms with Crippen LogP contribution in [-0.2, 0) is 9.59 Å². The van der Waals surface area contributed by atoms with Gasteiger partial charge in [0.05, 0.1) is 11.6 Å². The van der Waals surface area contributed by atoms with E-state index >= 15 is 0 Å². The molecule has 2 aliphatic rings. The fraction of sp³-hybridized carbons (Fsp3) is 0.333. The second-order valence-corrected chi connectivity index (χ2v) is 5.30. The van der Waals surface area contributed by atoms with E-state index in [0.717, 1.165) is 11.3 Å². The number of benzene rings is 1. The summed E-state index contributed by atoms with van der Waals surface area (Å²) in [6.07, 6.45) is 1.49. The molecule has 4 amide bonds. The van der Waals surface area contributed by atoms with Gasteiger partial charge in [-0.05, 0) is 37.1 Å². The highest BCUT2D eigenvalue weighted by atomic mass is 16.2. The zero-order valence-electron chi connectivity index (χ0n) is 11.8. The summed E-state index contributed by atoms with van der Waals surface area (Å²) in [6, 6.07) is 7.57. The molecule has 1 aromatic rings. The van der Waals surface area contributed by atoms with Crippen LogP contribution in [0.5, 0.6) is 0 Å². The fourth-order valence-electron chi connectivity index (χ4n) is 2.80. The van der Waals surface area contributed by atoms with Gasteiger partial charge in [0.1, 0.15) is 12.6 Å². The highest BCUT2D eigenvalue weighted by molar-refractivity contribution is 6.08. The summed E-state index contributed by atoms with van der Waals surface area (Å²) in [5.74, 6) is -0.731. The first kappa shape index (κ1) is 14.1. The van der Waals surface area contributed by atoms with E-state index in [1.807, 2.05) is 6.07 Å². The zero-order valence-corrected chi connectivity index (χ0v) is 11.8. The lowest BCUT2D eigenvalue weighted by Gasteiger charge is -2.15. The van der Waals surface area contributed by atoms with Crippen molar-refractivity contribution >= 4 is 23.5 Å². The van der Waals surface area contributed by atoms with E-state index in [-0.39, 0.29) is 18.5 Å². The average Bonchev–Trinajstić information content (AvgIpc) is 3.08. The average molecular weight is 298 g/mol. The lowest BCUT2D eigenvalue weighted by Crippen LogP contribution is -2.39. The number of imide groups is 1. The van der Waals surface area contributed by atoms with Gasteiger partial charge in [-0.2, -0.15) is 5.26 Å². The third-order valence-electron chi connectivity index (χ3n) is 3.88. The standard InChI is InChI=1S/C15H14N4O3/c16-8-10-3-5-11(6-4-10)17-13(20)9-19-14(21)12-2-1-7-18(12)15(19)22/h3-6,12H,1-2,7,9H2,(H,17,20)/t12-/m0/s1. The van der Waals surface area contributed by atoms with Crippen LogP contribution in [0, 0.1) is 11.3 Å². The third-order valence-corrected chi connectivity index (χ3v) is 3.88. The first-order valence-electron chi connectivity index (χ1n) is 7.02. The van der Waals surface area contributed by atoms with Gasteiger partial charge in [-0.25, -0.2) is 4.79 Å². The molecule has 2 heterocycles. The van der Waals surface area contributed by atoms with E-state index in [9.17, 15) is 14.4 Å². The minimum Gasteiger partial charge on any atom is -0.325 e. The van der Waals surface area contributed by atoms with Crippen molar-refractivity contribution in [1.29, 1.82) is 5.26 Å². The number of nitrogens with one attached hydrogen (secondary N) is 1. The van der Waals surface area contributed by atoms with Crippen LogP contribution in [0.2, 0.25) is 0 Å². The second-order valence-electron chi connectivity index (χ2n) is 5.30. The normalized spacial score (nSPS) is 20.0. The molecule has 1 atom stereocenters. The summed E-state index contributed by atoms with van der Waals surface area (Å²) < 4.78 is 0. The Bertz CT molecular complexity index is 655. The van der Waals surface area contributed by atoms with Crippen LogP contribution in [0.1, 0.15) is 18.4 Å². The van der Waals surface area contributed by atoms with Gasteiger partial charge in [0.15, 0.2) is 0 Å². The van der Waals surface area contributed by atoms with Gasteiger partial charge < -0.3 is 10.2 Å². The molecule has 2 fully saturated rings. The Morgan fingerprint density at radius 1 is 1.32 bits per heavy atom. The van der Waals surface area contributed by atoms with Crippen molar-refractivity contribution in [3.63, 3.8) is 0 Å². The van der Waals surface area contributed by atoms with E-state index in [4.69, 9.17) is 5.26 Å². The quantitative estimate of drug-likeness (QED) is 0.840. The van der Waals surface area contributed by atoms with E-state index < -0.39 is 11.9 Å². The molecule has 0 aliphatic carbocycles. The van der Waals surface area contributed by atoms with Crippen LogP contribution in [-0.4, -0.2) is 46.8 Å². The predicted molar refractivity (Wildman–Crippen MR) is 76.6 cm³/mol. The summed E-state index contributed by atoms with van der Waals surface area (Å²) in [7, 11) is 0. The highest BCUT2D eigenvalue weighted by Gasteiger charge is 2.47. The van der Waals surface area contributed by atoms with Gasteiger partial charge in [-0.1, -0.05) is 0 Å². The summed E-state index contributed by atoms with van der Waals surface area (Å²) in [5, 5.41) is 11.3. The van der Waals surface area contributed by atoms with Crippen LogP contribution in [0.4, 0.5) is 10.5 Å². The monoisotopic (exact) mass is 298 g/mol. The number of anilines is 1. The van der Waals surface area contributed by atoms with Crippen molar-refractivity contribution in [2.45, 2.75) is 18.9 Å². The molecule has 0 aromatic heterocycles. The number of nitrogens with zero attached hydrogens (tertiary/aromatic N) is 3. The van der Waals surface area contributed by atoms with Gasteiger partial charge in [0.2, 0.25) is 5.91 Å². The van der Waals surface area contributed by atoms with Crippen molar-refractivity contribution in [2.24, 2.45) is 0 Å². The first-order valence-corrected chi connectivity index (χ1v) is 7.02. The Balaban J connectivity index is 1.63. The van der Waals surface area contributed by atoms with Gasteiger partial charge >= 0.3 is 6.03 Å². The molecule has 0 saturated carbocycles. The molecule has 112 valence electrons. The molecule has 0 unspecified atom stereocenters. The van der Waals surface area contributed by atoms with Crippen LogP contribution in [0.25, 0.3) is 0 Å². The van der Waals surface area contributed by atoms with Crippen molar-refractivity contribution in [3.8, 4) is 6.07 Å². The smallest absolute Gasteiger partial charge is 0.325 e. The zero-order chi connectivity index (χ0) is 15.7. The Labute approximate surface area is 127 Å². The lowest BCUT2D eigenvalue weighted by molar-refractivity contribution is -0.131. The maximum Gasteiger partial charge on any atom is 0.327 e. The molecule has 2 aliphatic heterocycles. The fourth-order valence-corrected chi connectivity index (χ4v) is 2.80. The number of fused-ring (bicyclic) bond motifs is 1. The summed E-state index contributed by atoms with van der Waals surface area (Å²) >= 11 is 0. The number of carbonyl (C=O) groups is 3. The molecule has 7 heteroatoms. The largest absolute Gasteiger partial charge is 0.327 e. The van der Waals surface area contributed by atoms with Crippen LogP contribution in [0.15, 0.2) is 24.3 Å². The molecule has 0 spiro atoms. The maximum absolute atomic E-state index is 12.1. The number of carbonyl (C=O) groups excluding carboxylic acids is 3. The molecule has 1 aromatic carbocycles. The van der Waals surface area contributed by atoms with Gasteiger partial charge in [-0.3, -0.25) is 14.5 Å². The van der Waals surface area contributed by atoms with E-state index in [1.165, 1.54) is 4.90 Å². The third kappa shape index (κ3) is 2.39. The number of nitriles is 1. The predicted octanol–water partition coefficient (Wildman–Crippen LogP) is 0.923. The molecular formula is C15H14N4O3. The molecule has 0 bridgehead atoms. The maximum atomic E-state index is 12.1. The van der Waals surface area contributed by atoms with Crippen molar-refractivity contribution in [3.05, 3.63) is 29.8 Å². The highest BCUT2D eigenvalue weighted by Crippen LogP contribution is 2.27. The van der Waals surface area contributed by atoms with E-state index in [1.54, 1.807) is 24.3 Å². The minimum absolute atomic E-state index is 0.287. The molecule has 1 N–H and O–H groups in total. The summed E-state index contributed by atoms with van der Waals surface area (Å²) in [5.41, 5.74) is 1.01. The first-order chi connectivity index (χ1) is 10.6. The van der Waals surface area contributed by atoms with Crippen molar-refractivity contribution in [2.75, 3.05) is 18.4 Å². The molecule has 22 heavy (non-hydrogen) atoms. The molecule has 2 saturated heterocycles. The number of hydrogen-bond acceptors (Lipinski definition) is 4. The van der Waals surface area contributed by atoms with E-state index in [0.29, 0.717) is 24.2 Å². The number of urea groups is 1. The van der Waals surface area contributed by atoms with E-state index in [2.05, 4.69) is 5.32 Å². The Kier molecular flexibility index (Phi) is 3.51. The van der Waals surface area contributed by atoms with Crippen LogP contribution >= 0.6 is 0 Å².